The SMILES string of the molecule is CSc1ccc(/C=N/Nc2nc(-c3ccc([N+](=O)[O-])cc3)cs2)cc1. The highest BCUT2D eigenvalue weighted by molar-refractivity contribution is 7.98. The summed E-state index contributed by atoms with van der Waals surface area (Å²) >= 11 is 3.12. The molecule has 1 heterocycles. The molecule has 0 unspecified atom stereocenters. The Labute approximate surface area is 152 Å². The van der Waals surface area contributed by atoms with E-state index in [0.717, 1.165) is 16.8 Å². The van der Waals surface area contributed by atoms with Gasteiger partial charge in [-0.3, -0.25) is 15.5 Å². The van der Waals surface area contributed by atoms with Crippen molar-refractivity contribution in [3.63, 3.8) is 0 Å². The van der Waals surface area contributed by atoms with E-state index in [9.17, 15) is 10.1 Å². The molecule has 1 N–H and O–H groups in total. The number of nitro benzene ring substituents is 1. The molecular formula is C17H14N4O2S2. The number of rotatable bonds is 6. The summed E-state index contributed by atoms with van der Waals surface area (Å²) in [5, 5.41) is 17.4. The van der Waals surface area contributed by atoms with Crippen molar-refractivity contribution in [2.24, 2.45) is 5.10 Å². The fourth-order valence-electron chi connectivity index (χ4n) is 2.06. The van der Waals surface area contributed by atoms with Crippen molar-refractivity contribution < 1.29 is 4.92 Å². The lowest BCUT2D eigenvalue weighted by Crippen LogP contribution is -1.90. The fourth-order valence-corrected chi connectivity index (χ4v) is 3.14. The first-order valence-electron chi connectivity index (χ1n) is 7.29. The van der Waals surface area contributed by atoms with Crippen LogP contribution in [0.4, 0.5) is 10.8 Å². The first kappa shape index (κ1) is 17.1. The van der Waals surface area contributed by atoms with Gasteiger partial charge in [-0.15, -0.1) is 23.1 Å². The molecule has 0 fully saturated rings. The minimum atomic E-state index is -0.418. The zero-order valence-corrected chi connectivity index (χ0v) is 14.9. The molecule has 3 aromatic rings. The second-order valence-corrected chi connectivity index (χ2v) is 6.72. The lowest BCUT2D eigenvalue weighted by Gasteiger charge is -1.97. The summed E-state index contributed by atoms with van der Waals surface area (Å²) in [5.74, 6) is 0. The summed E-state index contributed by atoms with van der Waals surface area (Å²) in [6.07, 6.45) is 3.77. The molecule has 0 saturated heterocycles. The predicted molar refractivity (Wildman–Crippen MR) is 104 cm³/mol. The third-order valence-electron chi connectivity index (χ3n) is 3.37. The van der Waals surface area contributed by atoms with Crippen LogP contribution < -0.4 is 5.43 Å². The highest BCUT2D eigenvalue weighted by Gasteiger charge is 2.07. The Balaban J connectivity index is 1.64. The maximum Gasteiger partial charge on any atom is 0.269 e. The Kier molecular flexibility index (Phi) is 5.42. The summed E-state index contributed by atoms with van der Waals surface area (Å²) < 4.78 is 0. The third kappa shape index (κ3) is 4.43. The molecule has 0 radical (unpaired) electrons. The molecule has 0 bridgehead atoms. The molecule has 0 aliphatic heterocycles. The highest BCUT2D eigenvalue weighted by Crippen LogP contribution is 2.26. The number of hydrogen-bond donors (Lipinski definition) is 1. The predicted octanol–water partition coefficient (Wildman–Crippen LogP) is 4.89. The zero-order chi connectivity index (χ0) is 17.6. The minimum Gasteiger partial charge on any atom is -0.258 e. The van der Waals surface area contributed by atoms with Crippen molar-refractivity contribution >= 4 is 40.1 Å². The molecule has 8 heteroatoms. The van der Waals surface area contributed by atoms with Gasteiger partial charge >= 0.3 is 0 Å². The average molecular weight is 370 g/mol. The number of hydrazone groups is 1. The van der Waals surface area contributed by atoms with Crippen molar-refractivity contribution in [2.75, 3.05) is 11.7 Å². The molecule has 6 nitrogen and oxygen atoms in total. The topological polar surface area (TPSA) is 80.4 Å². The van der Waals surface area contributed by atoms with Gasteiger partial charge in [0.1, 0.15) is 0 Å². The van der Waals surface area contributed by atoms with Gasteiger partial charge in [0.05, 0.1) is 16.8 Å². The molecule has 1 aromatic heterocycles. The molecule has 2 aromatic carbocycles. The number of anilines is 1. The Morgan fingerprint density at radius 1 is 1.20 bits per heavy atom. The molecule has 3 rings (SSSR count). The molecular weight excluding hydrogens is 356 g/mol. The second kappa shape index (κ2) is 7.91. The largest absolute Gasteiger partial charge is 0.269 e. The van der Waals surface area contributed by atoms with Crippen LogP contribution in [0.25, 0.3) is 11.3 Å². The normalized spacial score (nSPS) is 10.9. The Morgan fingerprint density at radius 3 is 2.56 bits per heavy atom. The Hall–Kier alpha value is -2.71. The van der Waals surface area contributed by atoms with Gasteiger partial charge in [-0.05, 0) is 36.1 Å². The summed E-state index contributed by atoms with van der Waals surface area (Å²) in [7, 11) is 0. The molecule has 0 atom stereocenters. The first-order chi connectivity index (χ1) is 12.2. The highest BCUT2D eigenvalue weighted by atomic mass is 32.2. The number of aromatic nitrogens is 1. The van der Waals surface area contributed by atoms with E-state index in [-0.39, 0.29) is 5.69 Å². The average Bonchev–Trinajstić information content (AvgIpc) is 3.11. The number of thiazole rings is 1. The maximum absolute atomic E-state index is 10.7. The van der Waals surface area contributed by atoms with E-state index in [1.807, 2.05) is 35.9 Å². The van der Waals surface area contributed by atoms with Crippen LogP contribution in [-0.4, -0.2) is 22.4 Å². The van der Waals surface area contributed by atoms with E-state index in [1.54, 1.807) is 30.1 Å². The summed E-state index contributed by atoms with van der Waals surface area (Å²) in [5.41, 5.74) is 5.54. The number of hydrogen-bond acceptors (Lipinski definition) is 7. The van der Waals surface area contributed by atoms with Crippen LogP contribution >= 0.6 is 23.1 Å². The molecule has 0 aliphatic carbocycles. The number of non-ortho nitro benzene ring substituents is 1. The van der Waals surface area contributed by atoms with Crippen molar-refractivity contribution in [3.8, 4) is 11.3 Å². The molecule has 0 saturated carbocycles. The van der Waals surface area contributed by atoms with Crippen LogP contribution in [0.5, 0.6) is 0 Å². The molecule has 126 valence electrons. The van der Waals surface area contributed by atoms with Gasteiger partial charge in [0, 0.05) is 28.0 Å². The maximum atomic E-state index is 10.7. The van der Waals surface area contributed by atoms with E-state index in [2.05, 4.69) is 15.5 Å². The monoisotopic (exact) mass is 370 g/mol. The third-order valence-corrected chi connectivity index (χ3v) is 4.86. The van der Waals surface area contributed by atoms with Crippen molar-refractivity contribution in [3.05, 3.63) is 69.6 Å². The zero-order valence-electron chi connectivity index (χ0n) is 13.2. The van der Waals surface area contributed by atoms with Gasteiger partial charge < -0.3 is 0 Å². The van der Waals surface area contributed by atoms with Gasteiger partial charge in [-0.2, -0.15) is 5.10 Å². The van der Waals surface area contributed by atoms with Crippen LogP contribution in [0.1, 0.15) is 5.56 Å². The standard InChI is InChI=1S/C17H14N4O2S2/c1-24-15-8-2-12(3-9-15)10-18-20-17-19-16(11-25-17)13-4-6-14(7-5-13)21(22)23/h2-11H,1H3,(H,19,20)/b18-10+. The second-order valence-electron chi connectivity index (χ2n) is 4.99. The van der Waals surface area contributed by atoms with Crippen molar-refractivity contribution in [1.29, 1.82) is 0 Å². The van der Waals surface area contributed by atoms with Crippen LogP contribution in [-0.2, 0) is 0 Å². The van der Waals surface area contributed by atoms with Crippen LogP contribution in [0.15, 0.2) is 63.9 Å². The number of benzene rings is 2. The van der Waals surface area contributed by atoms with E-state index in [1.165, 1.54) is 28.4 Å². The van der Waals surface area contributed by atoms with E-state index < -0.39 is 4.92 Å². The van der Waals surface area contributed by atoms with E-state index in [0.29, 0.717) is 5.13 Å². The van der Waals surface area contributed by atoms with Gasteiger partial charge in [-0.25, -0.2) is 4.98 Å². The number of thioether (sulfide) groups is 1. The van der Waals surface area contributed by atoms with Crippen LogP contribution in [0, 0.1) is 10.1 Å². The fraction of sp³-hybridized carbons (Fsp3) is 0.0588. The number of nitro groups is 1. The summed E-state index contributed by atoms with van der Waals surface area (Å²) in [6, 6.07) is 14.4. The van der Waals surface area contributed by atoms with Crippen LogP contribution in [0.3, 0.4) is 0 Å². The number of nitrogens with zero attached hydrogens (tertiary/aromatic N) is 3. The Bertz CT molecular complexity index is 890. The van der Waals surface area contributed by atoms with Crippen molar-refractivity contribution in [1.82, 2.24) is 4.98 Å². The van der Waals surface area contributed by atoms with E-state index in [4.69, 9.17) is 0 Å². The summed E-state index contributed by atoms with van der Waals surface area (Å²) in [6.45, 7) is 0. The minimum absolute atomic E-state index is 0.0643. The molecule has 0 aliphatic rings. The summed E-state index contributed by atoms with van der Waals surface area (Å²) in [4.78, 5) is 15.9. The smallest absolute Gasteiger partial charge is 0.258 e. The van der Waals surface area contributed by atoms with Crippen LogP contribution in [0.2, 0.25) is 0 Å². The molecule has 25 heavy (non-hydrogen) atoms. The number of nitrogens with one attached hydrogen (secondary N) is 1. The van der Waals surface area contributed by atoms with Gasteiger partial charge in [0.25, 0.3) is 5.69 Å². The lowest BCUT2D eigenvalue weighted by atomic mass is 10.1. The molecule has 0 spiro atoms. The van der Waals surface area contributed by atoms with Crippen molar-refractivity contribution in [2.45, 2.75) is 4.90 Å². The quantitative estimate of drug-likeness (QED) is 0.289. The van der Waals surface area contributed by atoms with Gasteiger partial charge in [0.2, 0.25) is 5.13 Å². The van der Waals surface area contributed by atoms with Gasteiger partial charge in [0.15, 0.2) is 0 Å². The van der Waals surface area contributed by atoms with E-state index >= 15 is 0 Å². The Morgan fingerprint density at radius 2 is 1.92 bits per heavy atom. The lowest BCUT2D eigenvalue weighted by molar-refractivity contribution is -0.384. The van der Waals surface area contributed by atoms with Gasteiger partial charge in [-0.1, -0.05) is 12.1 Å². The first-order valence-corrected chi connectivity index (χ1v) is 9.39. The molecule has 0 amide bonds.